The van der Waals surface area contributed by atoms with Crippen molar-refractivity contribution in [2.75, 3.05) is 0 Å². The standard InChI is InChI=1S/C17H20N2O/c20-17(12-6-2-1-3-7-12)16-14-9-5-4-8-13(14)15-10-18-11-19(15)16/h4-5,8-12,16-17,20H,1-3,6-7H2/t16?,17-/m0/s1. The SMILES string of the molecule is O[C@@H](C1CCCCC1)C1c2ccccc2-c2cncn21. The minimum Gasteiger partial charge on any atom is -0.390 e. The van der Waals surface area contributed by atoms with Gasteiger partial charge in [0.05, 0.1) is 30.4 Å². The van der Waals surface area contributed by atoms with Gasteiger partial charge in [-0.2, -0.15) is 0 Å². The summed E-state index contributed by atoms with van der Waals surface area (Å²) in [5, 5.41) is 10.9. The van der Waals surface area contributed by atoms with Gasteiger partial charge in [0.2, 0.25) is 0 Å². The highest BCUT2D eigenvalue weighted by atomic mass is 16.3. The maximum Gasteiger partial charge on any atom is 0.0957 e. The van der Waals surface area contributed by atoms with Crippen LogP contribution in [-0.2, 0) is 0 Å². The Bertz CT molecular complexity index is 613. The number of rotatable bonds is 2. The third-order valence-corrected chi connectivity index (χ3v) is 4.98. The number of aromatic nitrogens is 2. The topological polar surface area (TPSA) is 38.1 Å². The van der Waals surface area contributed by atoms with Crippen LogP contribution in [0.4, 0.5) is 0 Å². The fraction of sp³-hybridized carbons (Fsp3) is 0.471. The zero-order valence-electron chi connectivity index (χ0n) is 11.6. The Morgan fingerprint density at radius 1 is 1.15 bits per heavy atom. The summed E-state index contributed by atoms with van der Waals surface area (Å²) < 4.78 is 2.16. The zero-order chi connectivity index (χ0) is 13.5. The molecule has 1 unspecified atom stereocenters. The second-order valence-corrected chi connectivity index (χ2v) is 6.11. The Hall–Kier alpha value is -1.61. The van der Waals surface area contributed by atoms with Crippen LogP contribution in [0.25, 0.3) is 11.3 Å². The van der Waals surface area contributed by atoms with Crippen molar-refractivity contribution in [3.8, 4) is 11.3 Å². The number of nitrogens with zero attached hydrogens (tertiary/aromatic N) is 2. The van der Waals surface area contributed by atoms with Crippen molar-refractivity contribution in [2.45, 2.75) is 44.2 Å². The van der Waals surface area contributed by atoms with Crippen LogP contribution < -0.4 is 0 Å². The molecule has 0 saturated heterocycles. The molecule has 1 aliphatic heterocycles. The number of hydrogen-bond acceptors (Lipinski definition) is 2. The molecule has 1 aromatic heterocycles. The average molecular weight is 268 g/mol. The first-order valence-electron chi connectivity index (χ1n) is 7.65. The van der Waals surface area contributed by atoms with Crippen molar-refractivity contribution >= 4 is 0 Å². The fourth-order valence-electron chi connectivity index (χ4n) is 3.95. The molecule has 2 atom stereocenters. The smallest absolute Gasteiger partial charge is 0.0957 e. The molecule has 0 spiro atoms. The van der Waals surface area contributed by atoms with E-state index in [1.165, 1.54) is 30.4 Å². The van der Waals surface area contributed by atoms with Crippen molar-refractivity contribution in [2.24, 2.45) is 5.92 Å². The monoisotopic (exact) mass is 268 g/mol. The van der Waals surface area contributed by atoms with Crippen molar-refractivity contribution < 1.29 is 5.11 Å². The van der Waals surface area contributed by atoms with Gasteiger partial charge in [0.1, 0.15) is 0 Å². The van der Waals surface area contributed by atoms with E-state index >= 15 is 0 Å². The van der Waals surface area contributed by atoms with Gasteiger partial charge in [-0.15, -0.1) is 0 Å². The first-order valence-corrected chi connectivity index (χ1v) is 7.65. The lowest BCUT2D eigenvalue weighted by Crippen LogP contribution is -2.31. The van der Waals surface area contributed by atoms with Gasteiger partial charge in [-0.25, -0.2) is 4.98 Å². The van der Waals surface area contributed by atoms with Gasteiger partial charge < -0.3 is 9.67 Å². The predicted molar refractivity (Wildman–Crippen MR) is 78.4 cm³/mol. The predicted octanol–water partition coefficient (Wildman–Crippen LogP) is 3.39. The second kappa shape index (κ2) is 4.74. The summed E-state index contributed by atoms with van der Waals surface area (Å²) in [6.07, 6.45) is 9.62. The lowest BCUT2D eigenvalue weighted by atomic mass is 9.81. The lowest BCUT2D eigenvalue weighted by molar-refractivity contribution is 0.0536. The van der Waals surface area contributed by atoms with Crippen molar-refractivity contribution in [3.63, 3.8) is 0 Å². The highest BCUT2D eigenvalue weighted by molar-refractivity contribution is 5.69. The molecule has 0 amide bonds. The third-order valence-electron chi connectivity index (χ3n) is 4.98. The van der Waals surface area contributed by atoms with Crippen LogP contribution >= 0.6 is 0 Å². The molecule has 1 N–H and O–H groups in total. The molecule has 2 heterocycles. The zero-order valence-corrected chi connectivity index (χ0v) is 11.6. The minimum absolute atomic E-state index is 0.0480. The minimum atomic E-state index is -0.299. The summed E-state index contributed by atoms with van der Waals surface area (Å²) in [7, 11) is 0. The number of imidazole rings is 1. The van der Waals surface area contributed by atoms with E-state index in [4.69, 9.17) is 0 Å². The quantitative estimate of drug-likeness (QED) is 0.906. The number of fused-ring (bicyclic) bond motifs is 3. The number of aliphatic hydroxyl groups excluding tert-OH is 1. The Labute approximate surface area is 119 Å². The molecule has 2 aromatic rings. The summed E-state index contributed by atoms with van der Waals surface area (Å²) in [6, 6.07) is 8.46. The van der Waals surface area contributed by atoms with Gasteiger partial charge in [-0.3, -0.25) is 0 Å². The molecule has 2 aliphatic rings. The Morgan fingerprint density at radius 2 is 1.95 bits per heavy atom. The van der Waals surface area contributed by atoms with Crippen molar-refractivity contribution in [1.29, 1.82) is 0 Å². The van der Waals surface area contributed by atoms with Gasteiger partial charge >= 0.3 is 0 Å². The van der Waals surface area contributed by atoms with E-state index in [0.29, 0.717) is 5.92 Å². The van der Waals surface area contributed by atoms with E-state index in [1.807, 2.05) is 12.5 Å². The van der Waals surface area contributed by atoms with E-state index in [-0.39, 0.29) is 12.1 Å². The highest BCUT2D eigenvalue weighted by Crippen LogP contribution is 2.44. The molecule has 0 bridgehead atoms. The molecule has 3 nitrogen and oxygen atoms in total. The lowest BCUT2D eigenvalue weighted by Gasteiger charge is -2.31. The van der Waals surface area contributed by atoms with Crippen LogP contribution in [-0.4, -0.2) is 20.8 Å². The highest BCUT2D eigenvalue weighted by Gasteiger charge is 2.37. The van der Waals surface area contributed by atoms with E-state index in [1.54, 1.807) is 0 Å². The Balaban J connectivity index is 1.74. The first kappa shape index (κ1) is 12.2. The molecule has 0 radical (unpaired) electrons. The van der Waals surface area contributed by atoms with Crippen LogP contribution in [0.3, 0.4) is 0 Å². The molecule has 104 valence electrons. The van der Waals surface area contributed by atoms with Gasteiger partial charge in [-0.05, 0) is 24.3 Å². The van der Waals surface area contributed by atoms with Crippen LogP contribution in [0.15, 0.2) is 36.8 Å². The fourth-order valence-corrected chi connectivity index (χ4v) is 3.95. The second-order valence-electron chi connectivity index (χ2n) is 6.11. The Morgan fingerprint density at radius 3 is 2.80 bits per heavy atom. The van der Waals surface area contributed by atoms with E-state index in [2.05, 4.69) is 33.8 Å². The molecule has 1 fully saturated rings. The van der Waals surface area contributed by atoms with Crippen LogP contribution in [0.2, 0.25) is 0 Å². The van der Waals surface area contributed by atoms with Crippen LogP contribution in [0.1, 0.15) is 43.7 Å². The maximum absolute atomic E-state index is 10.9. The molecular weight excluding hydrogens is 248 g/mol. The molecule has 1 aromatic carbocycles. The summed E-state index contributed by atoms with van der Waals surface area (Å²) >= 11 is 0. The molecule has 1 saturated carbocycles. The maximum atomic E-state index is 10.9. The summed E-state index contributed by atoms with van der Waals surface area (Å²) in [6.45, 7) is 0. The van der Waals surface area contributed by atoms with Gasteiger partial charge in [0.15, 0.2) is 0 Å². The third kappa shape index (κ3) is 1.73. The molecule has 3 heteroatoms. The van der Waals surface area contributed by atoms with Gasteiger partial charge in [0, 0.05) is 5.56 Å². The number of benzene rings is 1. The molecule has 20 heavy (non-hydrogen) atoms. The molecule has 1 aliphatic carbocycles. The van der Waals surface area contributed by atoms with E-state index in [9.17, 15) is 5.11 Å². The van der Waals surface area contributed by atoms with Gasteiger partial charge in [0.25, 0.3) is 0 Å². The van der Waals surface area contributed by atoms with Crippen molar-refractivity contribution in [1.82, 2.24) is 9.55 Å². The average Bonchev–Trinajstić information content (AvgIpc) is 3.08. The number of hydrogen-bond donors (Lipinski definition) is 1. The van der Waals surface area contributed by atoms with Gasteiger partial charge in [-0.1, -0.05) is 43.5 Å². The van der Waals surface area contributed by atoms with E-state index in [0.717, 1.165) is 18.5 Å². The largest absolute Gasteiger partial charge is 0.390 e. The first-order chi connectivity index (χ1) is 9.86. The molecule has 4 rings (SSSR count). The van der Waals surface area contributed by atoms with Crippen LogP contribution in [0, 0.1) is 5.92 Å². The number of aliphatic hydroxyl groups is 1. The summed E-state index contributed by atoms with van der Waals surface area (Å²) in [5.41, 5.74) is 3.62. The van der Waals surface area contributed by atoms with Crippen molar-refractivity contribution in [3.05, 3.63) is 42.4 Å². The van der Waals surface area contributed by atoms with E-state index < -0.39 is 0 Å². The van der Waals surface area contributed by atoms with Crippen LogP contribution in [0.5, 0.6) is 0 Å². The summed E-state index contributed by atoms with van der Waals surface area (Å²) in [4.78, 5) is 4.27. The molecular formula is C17H20N2O. The summed E-state index contributed by atoms with van der Waals surface area (Å²) in [5.74, 6) is 0.426. The Kier molecular flexibility index (Phi) is 2.88. The normalized spacial score (nSPS) is 23.4.